The largest absolute Gasteiger partial charge is 0.365 e. The molecule has 0 amide bonds. The molecule has 25 heavy (non-hydrogen) atoms. The van der Waals surface area contributed by atoms with Crippen molar-refractivity contribution >= 4 is 51.4 Å². The number of rotatable bonds is 2. The summed E-state index contributed by atoms with van der Waals surface area (Å²) in [6.07, 6.45) is 0. The van der Waals surface area contributed by atoms with Crippen molar-refractivity contribution in [2.24, 2.45) is 0 Å². The van der Waals surface area contributed by atoms with E-state index in [0.717, 1.165) is 34.8 Å². The second kappa shape index (κ2) is 5.65. The molecular weight excluding hydrogens is 429 g/mol. The molecule has 0 spiro atoms. The van der Waals surface area contributed by atoms with Crippen LogP contribution in [-0.4, -0.2) is 11.8 Å². The van der Waals surface area contributed by atoms with Gasteiger partial charge in [-0.1, -0.05) is 23.2 Å². The molecule has 2 aromatic heterocycles. The standard InChI is InChI=1S/C15H8Cl2F6S2/c1-5-7(3-9(16)24-5)11-12(18)14(20,21)15(22,23)13(11,19)8-4-10(17)25-6(8)2/h3-4H,1-2H3. The summed E-state index contributed by atoms with van der Waals surface area (Å²) in [6.45, 7) is 2.61. The Hall–Kier alpha value is -0.700. The van der Waals surface area contributed by atoms with Gasteiger partial charge in [0.2, 0.25) is 5.67 Å². The third-order valence-electron chi connectivity index (χ3n) is 4.08. The Kier molecular flexibility index (Phi) is 4.31. The first-order valence-electron chi connectivity index (χ1n) is 6.73. The summed E-state index contributed by atoms with van der Waals surface area (Å²) in [5, 5.41) is 0. The van der Waals surface area contributed by atoms with Crippen LogP contribution in [0.2, 0.25) is 8.67 Å². The third-order valence-corrected chi connectivity index (χ3v) is 6.44. The summed E-state index contributed by atoms with van der Waals surface area (Å²) in [5.41, 5.74) is -6.67. The van der Waals surface area contributed by atoms with Gasteiger partial charge in [-0.05, 0) is 31.5 Å². The van der Waals surface area contributed by atoms with E-state index in [2.05, 4.69) is 0 Å². The predicted octanol–water partition coefficient (Wildman–Crippen LogP) is 7.56. The molecule has 1 aliphatic rings. The van der Waals surface area contributed by atoms with E-state index in [1.54, 1.807) is 0 Å². The first-order chi connectivity index (χ1) is 11.4. The SMILES string of the molecule is Cc1sc(Cl)cc1C1=C(F)C(F)(F)C(F)(F)C1(F)c1cc(Cl)sc1C. The van der Waals surface area contributed by atoms with Crippen LogP contribution in [-0.2, 0) is 5.67 Å². The fraction of sp³-hybridized carbons (Fsp3) is 0.333. The van der Waals surface area contributed by atoms with Crippen LogP contribution < -0.4 is 0 Å². The molecule has 0 fully saturated rings. The van der Waals surface area contributed by atoms with Gasteiger partial charge in [0.1, 0.15) is 0 Å². The van der Waals surface area contributed by atoms with Gasteiger partial charge >= 0.3 is 11.8 Å². The van der Waals surface area contributed by atoms with Gasteiger partial charge in [-0.3, -0.25) is 0 Å². The first kappa shape index (κ1) is 19.1. The van der Waals surface area contributed by atoms with Crippen LogP contribution in [0.25, 0.3) is 5.57 Å². The maximum absolute atomic E-state index is 15.8. The van der Waals surface area contributed by atoms with Crippen molar-refractivity contribution in [1.82, 2.24) is 0 Å². The molecule has 2 aromatic rings. The topological polar surface area (TPSA) is 0 Å². The molecule has 2 heterocycles. The van der Waals surface area contributed by atoms with Crippen molar-refractivity contribution in [3.63, 3.8) is 0 Å². The average molecular weight is 437 g/mol. The van der Waals surface area contributed by atoms with Gasteiger partial charge in [0.15, 0.2) is 5.83 Å². The highest BCUT2D eigenvalue weighted by Gasteiger charge is 2.80. The number of halogens is 8. The zero-order valence-electron chi connectivity index (χ0n) is 12.5. The van der Waals surface area contributed by atoms with E-state index in [1.807, 2.05) is 0 Å². The molecule has 1 aliphatic carbocycles. The highest BCUT2D eigenvalue weighted by atomic mass is 35.5. The Bertz CT molecular complexity index is 898. The van der Waals surface area contributed by atoms with Gasteiger partial charge in [0, 0.05) is 20.9 Å². The number of thiophene rings is 2. The van der Waals surface area contributed by atoms with Crippen molar-refractivity contribution in [2.75, 3.05) is 0 Å². The lowest BCUT2D eigenvalue weighted by molar-refractivity contribution is -0.234. The summed E-state index contributed by atoms with van der Waals surface area (Å²) >= 11 is 13.1. The Morgan fingerprint density at radius 1 is 0.880 bits per heavy atom. The summed E-state index contributed by atoms with van der Waals surface area (Å²) < 4.78 is 87.2. The molecule has 0 nitrogen and oxygen atoms in total. The van der Waals surface area contributed by atoms with E-state index >= 15 is 4.39 Å². The summed E-state index contributed by atoms with van der Waals surface area (Å²) in [4.78, 5) is 0.0961. The van der Waals surface area contributed by atoms with Crippen molar-refractivity contribution < 1.29 is 26.3 Å². The van der Waals surface area contributed by atoms with Crippen molar-refractivity contribution in [2.45, 2.75) is 31.4 Å². The van der Waals surface area contributed by atoms with Crippen molar-refractivity contribution in [3.05, 3.63) is 47.5 Å². The Labute approximate surface area is 156 Å². The van der Waals surface area contributed by atoms with Gasteiger partial charge in [-0.2, -0.15) is 17.6 Å². The number of aryl methyl sites for hydroxylation is 2. The molecule has 0 bridgehead atoms. The number of hydrogen-bond acceptors (Lipinski definition) is 2. The maximum Gasteiger partial charge on any atom is 0.365 e. The Balaban J connectivity index is 2.41. The van der Waals surface area contributed by atoms with E-state index in [1.165, 1.54) is 13.8 Å². The number of alkyl halides is 5. The maximum atomic E-state index is 15.8. The third kappa shape index (κ3) is 2.33. The lowest BCUT2D eigenvalue weighted by Crippen LogP contribution is -2.49. The normalized spacial score (nSPS) is 25.0. The molecule has 136 valence electrons. The van der Waals surface area contributed by atoms with Crippen LogP contribution in [0.5, 0.6) is 0 Å². The predicted molar refractivity (Wildman–Crippen MR) is 88.8 cm³/mol. The Morgan fingerprint density at radius 2 is 1.40 bits per heavy atom. The number of hydrogen-bond donors (Lipinski definition) is 0. The van der Waals surface area contributed by atoms with E-state index in [4.69, 9.17) is 23.2 Å². The molecule has 0 saturated heterocycles. The van der Waals surface area contributed by atoms with Gasteiger partial charge in [0.05, 0.1) is 8.67 Å². The smallest absolute Gasteiger partial charge is 0.226 e. The minimum absolute atomic E-state index is 0.0359. The van der Waals surface area contributed by atoms with Crippen molar-refractivity contribution in [3.8, 4) is 0 Å². The quantitative estimate of drug-likeness (QED) is 0.426. The van der Waals surface area contributed by atoms with E-state index < -0.39 is 40.0 Å². The van der Waals surface area contributed by atoms with Crippen LogP contribution in [0.4, 0.5) is 26.3 Å². The fourth-order valence-electron chi connectivity index (χ4n) is 2.91. The molecule has 10 heteroatoms. The molecule has 3 rings (SSSR count). The molecule has 0 N–H and O–H groups in total. The molecule has 0 aliphatic heterocycles. The van der Waals surface area contributed by atoms with E-state index in [0.29, 0.717) is 0 Å². The highest BCUT2D eigenvalue weighted by molar-refractivity contribution is 7.16. The average Bonchev–Trinajstić information content (AvgIpc) is 3.02. The summed E-state index contributed by atoms with van der Waals surface area (Å²) in [6, 6.07) is 1.83. The van der Waals surface area contributed by atoms with Crippen LogP contribution in [0, 0.1) is 13.8 Å². The lowest BCUT2D eigenvalue weighted by atomic mass is 9.83. The summed E-state index contributed by atoms with van der Waals surface area (Å²) in [5.74, 6) is -13.1. The summed E-state index contributed by atoms with van der Waals surface area (Å²) in [7, 11) is 0. The van der Waals surface area contributed by atoms with Crippen LogP contribution in [0.15, 0.2) is 18.0 Å². The van der Waals surface area contributed by atoms with Gasteiger partial charge in [-0.15, -0.1) is 22.7 Å². The van der Waals surface area contributed by atoms with Gasteiger partial charge in [0.25, 0.3) is 0 Å². The highest BCUT2D eigenvalue weighted by Crippen LogP contribution is 2.67. The molecule has 1 atom stereocenters. The van der Waals surface area contributed by atoms with Crippen LogP contribution >= 0.6 is 45.9 Å². The van der Waals surface area contributed by atoms with Crippen molar-refractivity contribution in [1.29, 1.82) is 0 Å². The molecular formula is C15H8Cl2F6S2. The lowest BCUT2D eigenvalue weighted by Gasteiger charge is -2.31. The second-order valence-electron chi connectivity index (χ2n) is 5.54. The molecule has 0 radical (unpaired) electrons. The number of allylic oxidation sites excluding steroid dienone is 2. The van der Waals surface area contributed by atoms with Gasteiger partial charge < -0.3 is 0 Å². The van der Waals surface area contributed by atoms with Crippen LogP contribution in [0.3, 0.4) is 0 Å². The van der Waals surface area contributed by atoms with E-state index in [-0.39, 0.29) is 18.4 Å². The monoisotopic (exact) mass is 436 g/mol. The zero-order valence-corrected chi connectivity index (χ0v) is 15.6. The minimum atomic E-state index is -5.34. The molecule has 1 unspecified atom stereocenters. The van der Waals surface area contributed by atoms with Gasteiger partial charge in [-0.25, -0.2) is 8.78 Å². The zero-order chi connectivity index (χ0) is 18.9. The Morgan fingerprint density at radius 3 is 1.84 bits per heavy atom. The molecule has 0 saturated carbocycles. The van der Waals surface area contributed by atoms with E-state index in [9.17, 15) is 22.0 Å². The molecule has 0 aromatic carbocycles. The fourth-order valence-corrected chi connectivity index (χ4v) is 5.34. The minimum Gasteiger partial charge on any atom is -0.226 e. The first-order valence-corrected chi connectivity index (χ1v) is 9.12. The second-order valence-corrected chi connectivity index (χ2v) is 9.31. The van der Waals surface area contributed by atoms with Crippen LogP contribution in [0.1, 0.15) is 20.9 Å².